The van der Waals surface area contributed by atoms with E-state index in [2.05, 4.69) is 10.6 Å². The first-order chi connectivity index (χ1) is 24.1. The van der Waals surface area contributed by atoms with Crippen molar-refractivity contribution in [3.8, 4) is 0 Å². The smallest absolute Gasteiger partial charge is 0.368 e. The first-order valence-electron chi connectivity index (χ1n) is 15.8. The maximum atomic E-state index is 15.2. The quantitative estimate of drug-likeness (QED) is 0.150. The highest BCUT2D eigenvalue weighted by Gasteiger charge is 2.54. The van der Waals surface area contributed by atoms with E-state index >= 15 is 8.78 Å². The van der Waals surface area contributed by atoms with Gasteiger partial charge in [0.15, 0.2) is 0 Å². The van der Waals surface area contributed by atoms with Crippen LogP contribution < -0.4 is 21.1 Å². The monoisotopic (exact) mass is 746 g/mol. The third kappa shape index (κ3) is 9.73. The van der Waals surface area contributed by atoms with Crippen LogP contribution in [0.2, 0.25) is 0 Å². The molecule has 4 amide bonds. The van der Waals surface area contributed by atoms with Gasteiger partial charge >= 0.3 is 13.3 Å². The second-order valence-corrected chi connectivity index (χ2v) is 15.1. The van der Waals surface area contributed by atoms with E-state index in [1.165, 1.54) is 50.2 Å². The summed E-state index contributed by atoms with van der Waals surface area (Å²) in [6.07, 6.45) is 0.604. The van der Waals surface area contributed by atoms with Gasteiger partial charge in [-0.3, -0.25) is 23.7 Å². The van der Waals surface area contributed by atoms with Crippen LogP contribution in [-0.4, -0.2) is 57.3 Å². The molecule has 4 rings (SSSR count). The minimum absolute atomic E-state index is 0.0320. The number of amides is 4. The molecule has 2 atom stereocenters. The second kappa shape index (κ2) is 16.5. The molecule has 17 heteroatoms. The predicted octanol–water partition coefficient (Wildman–Crippen LogP) is 3.29. The molecule has 272 valence electrons. The molecule has 0 radical (unpaired) electrons. The molecule has 1 aliphatic rings. The minimum atomic E-state index is -4.83. The van der Waals surface area contributed by atoms with Crippen molar-refractivity contribution in [3.05, 3.63) is 113 Å². The largest absolute Gasteiger partial charge is 0.404 e. The number of sulfonamides is 1. The Bertz CT molecular complexity index is 1930. The van der Waals surface area contributed by atoms with Gasteiger partial charge in [-0.15, -0.1) is 0 Å². The molecule has 0 saturated carbocycles. The van der Waals surface area contributed by atoms with Gasteiger partial charge in [0.25, 0.3) is 15.9 Å². The summed E-state index contributed by atoms with van der Waals surface area (Å²) in [5.41, 5.74) is 2.78. The van der Waals surface area contributed by atoms with Crippen molar-refractivity contribution in [1.29, 1.82) is 0 Å². The molecule has 5 N–H and O–H groups in total. The summed E-state index contributed by atoms with van der Waals surface area (Å²) in [5.74, 6) is -3.00. The van der Waals surface area contributed by atoms with Crippen LogP contribution in [0.3, 0.4) is 0 Å². The molecular weight excluding hydrogens is 709 g/mol. The van der Waals surface area contributed by atoms with E-state index in [1.807, 2.05) is 4.72 Å². The fourth-order valence-electron chi connectivity index (χ4n) is 5.20. The predicted molar refractivity (Wildman–Crippen MR) is 183 cm³/mol. The molecule has 1 aliphatic heterocycles. The average molecular weight is 747 g/mol. The van der Waals surface area contributed by atoms with Crippen molar-refractivity contribution in [2.75, 3.05) is 13.2 Å². The zero-order valence-corrected chi connectivity index (χ0v) is 29.3. The number of hydrogen-bond donors (Lipinski definition) is 4. The summed E-state index contributed by atoms with van der Waals surface area (Å²) in [5, 5.41) is 5.22. The van der Waals surface area contributed by atoms with Crippen LogP contribution in [0.1, 0.15) is 41.7 Å². The standard InChI is InChI=1S/C34H37F2N4O9PS/c1-3-48-50(45,49-4-2)34(35,36)26-16-12-24(13-17-26)20-30(41)38-28(19-22-8-6-5-7-9-22)33(44)39-27(32(37)43)18-23-10-14-25(15-11-23)29-21-31(42)40-51(29,46)47/h5-17,21,27-28H,3-4,18-20H2,1-2H3,(H2,37,43)(H,38,41)(H,39,44)(H,40,42)/t27-,28-/m0/s1. The van der Waals surface area contributed by atoms with Crippen molar-refractivity contribution >= 4 is 46.2 Å². The summed E-state index contributed by atoms with van der Waals surface area (Å²) >= 11 is 0. The number of hydrogen-bond acceptors (Lipinski definition) is 9. The lowest BCUT2D eigenvalue weighted by atomic mass is 10.0. The van der Waals surface area contributed by atoms with Gasteiger partial charge < -0.3 is 25.4 Å². The van der Waals surface area contributed by atoms with Gasteiger partial charge in [0.05, 0.1) is 19.6 Å². The highest BCUT2D eigenvalue weighted by atomic mass is 32.2. The normalized spacial score (nSPS) is 15.3. The van der Waals surface area contributed by atoms with Crippen molar-refractivity contribution in [3.63, 3.8) is 0 Å². The number of alkyl halides is 2. The number of carbonyl (C=O) groups is 4. The van der Waals surface area contributed by atoms with Gasteiger partial charge in [-0.25, -0.2) is 13.1 Å². The van der Waals surface area contributed by atoms with E-state index in [0.29, 0.717) is 16.7 Å². The molecule has 3 aromatic rings. The highest BCUT2D eigenvalue weighted by molar-refractivity contribution is 7.99. The number of primary amides is 1. The van der Waals surface area contributed by atoms with Gasteiger partial charge in [0.2, 0.25) is 17.7 Å². The van der Waals surface area contributed by atoms with Crippen LogP contribution in [-0.2, 0) is 67.7 Å². The number of benzene rings is 3. The molecule has 0 bridgehead atoms. The molecule has 0 unspecified atom stereocenters. The van der Waals surface area contributed by atoms with Crippen LogP contribution in [0.25, 0.3) is 4.91 Å². The zero-order chi connectivity index (χ0) is 37.4. The summed E-state index contributed by atoms with van der Waals surface area (Å²) in [6, 6.07) is 16.8. The van der Waals surface area contributed by atoms with E-state index in [4.69, 9.17) is 14.8 Å². The Morgan fingerprint density at radius 2 is 1.39 bits per heavy atom. The van der Waals surface area contributed by atoms with E-state index in [-0.39, 0.29) is 42.9 Å². The van der Waals surface area contributed by atoms with Crippen LogP contribution in [0.5, 0.6) is 0 Å². The molecule has 0 spiro atoms. The molecule has 13 nitrogen and oxygen atoms in total. The maximum Gasteiger partial charge on any atom is 0.404 e. The lowest BCUT2D eigenvalue weighted by Crippen LogP contribution is -2.54. The third-order valence-electron chi connectivity index (χ3n) is 7.67. The van der Waals surface area contributed by atoms with Crippen molar-refractivity contribution < 1.29 is 50.0 Å². The molecule has 51 heavy (non-hydrogen) atoms. The SMILES string of the molecule is CCOP(=O)(OCC)C(F)(F)c1ccc(CC(=O)N[C@@H](Cc2ccccc2)C(=O)N[C@@H](Cc2ccc(C3=CC(=O)NS3(=O)=O)cc2)C(N)=O)cc1. The second-order valence-electron chi connectivity index (χ2n) is 11.4. The molecule has 0 aromatic heterocycles. The fourth-order valence-corrected chi connectivity index (χ4v) is 7.88. The Hall–Kier alpha value is -4.76. The zero-order valence-electron chi connectivity index (χ0n) is 27.6. The summed E-state index contributed by atoms with van der Waals surface area (Å²) in [7, 11) is -8.82. The Morgan fingerprint density at radius 3 is 1.92 bits per heavy atom. The van der Waals surface area contributed by atoms with Crippen LogP contribution >= 0.6 is 7.60 Å². The van der Waals surface area contributed by atoms with Crippen molar-refractivity contribution in [1.82, 2.24) is 15.4 Å². The molecule has 3 aromatic carbocycles. The lowest BCUT2D eigenvalue weighted by Gasteiger charge is -2.26. The van der Waals surface area contributed by atoms with Gasteiger partial charge in [-0.1, -0.05) is 78.9 Å². The van der Waals surface area contributed by atoms with Crippen LogP contribution in [0.4, 0.5) is 8.78 Å². The Kier molecular flexibility index (Phi) is 12.6. The van der Waals surface area contributed by atoms with Crippen LogP contribution in [0, 0.1) is 0 Å². The first-order valence-corrected chi connectivity index (χ1v) is 18.8. The van der Waals surface area contributed by atoms with Crippen molar-refractivity contribution in [2.45, 2.75) is 50.9 Å². The first kappa shape index (κ1) is 39.0. The lowest BCUT2D eigenvalue weighted by molar-refractivity contribution is -0.131. The highest BCUT2D eigenvalue weighted by Crippen LogP contribution is 2.66. The summed E-state index contributed by atoms with van der Waals surface area (Å²) in [6.45, 7) is 2.31. The summed E-state index contributed by atoms with van der Waals surface area (Å²) < 4.78 is 78.9. The Labute approximate surface area is 293 Å². The Balaban J connectivity index is 1.47. The number of halogens is 2. The number of nitrogens with two attached hydrogens (primary N) is 1. The molecular formula is C34H37F2N4O9PS. The van der Waals surface area contributed by atoms with Gasteiger partial charge in [-0.05, 0) is 36.1 Å². The Morgan fingerprint density at radius 1 is 0.843 bits per heavy atom. The molecule has 0 aliphatic carbocycles. The third-order valence-corrected chi connectivity index (χ3v) is 11.2. The number of rotatable bonds is 17. The van der Waals surface area contributed by atoms with Crippen molar-refractivity contribution in [2.24, 2.45) is 5.73 Å². The molecule has 0 fully saturated rings. The van der Waals surface area contributed by atoms with Gasteiger partial charge in [0, 0.05) is 24.5 Å². The van der Waals surface area contributed by atoms with E-state index in [1.54, 1.807) is 30.3 Å². The average Bonchev–Trinajstić information content (AvgIpc) is 3.36. The molecule has 1 heterocycles. The topological polar surface area (TPSA) is 200 Å². The maximum absolute atomic E-state index is 15.2. The number of carbonyl (C=O) groups excluding carboxylic acids is 4. The van der Waals surface area contributed by atoms with Gasteiger partial charge in [-0.2, -0.15) is 8.78 Å². The van der Waals surface area contributed by atoms with E-state index < -0.39 is 64.6 Å². The molecule has 0 saturated heterocycles. The van der Waals surface area contributed by atoms with Crippen LogP contribution in [0.15, 0.2) is 84.9 Å². The fraction of sp³-hybridized carbons (Fsp3) is 0.294. The van der Waals surface area contributed by atoms with Gasteiger partial charge in [0.1, 0.15) is 17.0 Å². The van der Waals surface area contributed by atoms with E-state index in [0.717, 1.165) is 18.2 Å². The van der Waals surface area contributed by atoms with E-state index in [9.17, 15) is 32.2 Å². The summed E-state index contributed by atoms with van der Waals surface area (Å²) in [4.78, 5) is 50.5. The number of nitrogens with one attached hydrogen (secondary N) is 3. The minimum Gasteiger partial charge on any atom is -0.368 e.